The second-order valence-electron chi connectivity index (χ2n) is 5.41. The van der Waals surface area contributed by atoms with E-state index in [1.54, 1.807) is 10.9 Å². The van der Waals surface area contributed by atoms with Gasteiger partial charge in [0.25, 0.3) is 15.9 Å². The van der Waals surface area contributed by atoms with Gasteiger partial charge in [-0.1, -0.05) is 0 Å². The molecular weight excluding hydrogens is 320 g/mol. The number of sulfonamides is 1. The van der Waals surface area contributed by atoms with Crippen LogP contribution in [0.1, 0.15) is 34.8 Å². The summed E-state index contributed by atoms with van der Waals surface area (Å²) in [5.74, 6) is -0.542. The van der Waals surface area contributed by atoms with Crippen LogP contribution in [0.2, 0.25) is 0 Å². The maximum atomic E-state index is 12.2. The van der Waals surface area contributed by atoms with Gasteiger partial charge in [0.1, 0.15) is 0 Å². The first-order valence-corrected chi connectivity index (χ1v) is 8.40. The Morgan fingerprint density at radius 2 is 2.04 bits per heavy atom. The zero-order valence-electron chi connectivity index (χ0n) is 13.7. The molecule has 0 aromatic carbocycles. The lowest BCUT2D eigenvalue weighted by molar-refractivity contribution is 0.0906. The number of aromatic nitrogens is 2. The minimum atomic E-state index is -3.70. The van der Waals surface area contributed by atoms with Crippen molar-refractivity contribution in [2.45, 2.75) is 25.0 Å². The van der Waals surface area contributed by atoms with E-state index in [0.717, 1.165) is 15.6 Å². The fraction of sp³-hybridized carbons (Fsp3) is 0.429. The number of furan rings is 1. The molecule has 1 unspecified atom stereocenters. The Bertz CT molecular complexity index is 820. The molecule has 126 valence electrons. The summed E-state index contributed by atoms with van der Waals surface area (Å²) in [6.45, 7) is 3.72. The van der Waals surface area contributed by atoms with E-state index < -0.39 is 15.9 Å². The van der Waals surface area contributed by atoms with Gasteiger partial charge in [-0.3, -0.25) is 9.48 Å². The van der Waals surface area contributed by atoms with Crippen LogP contribution in [0.4, 0.5) is 0 Å². The monoisotopic (exact) mass is 340 g/mol. The second-order valence-corrected chi connectivity index (χ2v) is 7.49. The number of nitrogens with one attached hydrogen (secondary N) is 1. The molecule has 1 amide bonds. The molecule has 0 bridgehead atoms. The average molecular weight is 340 g/mol. The van der Waals surface area contributed by atoms with Gasteiger partial charge in [-0.05, 0) is 26.0 Å². The lowest BCUT2D eigenvalue weighted by Crippen LogP contribution is -2.26. The molecule has 2 aromatic rings. The SMILES string of the molecule is Cc1c(C(C)NC(=O)c2ccc(S(=O)(=O)N(C)C)o2)cnn1C. The highest BCUT2D eigenvalue weighted by Crippen LogP contribution is 2.19. The Balaban J connectivity index is 2.16. The minimum absolute atomic E-state index is 0.0566. The normalized spacial score (nSPS) is 13.3. The molecule has 2 heterocycles. The van der Waals surface area contributed by atoms with E-state index in [1.807, 2.05) is 20.9 Å². The van der Waals surface area contributed by atoms with Crippen molar-refractivity contribution in [3.8, 4) is 0 Å². The van der Waals surface area contributed by atoms with E-state index in [9.17, 15) is 13.2 Å². The first-order chi connectivity index (χ1) is 10.6. The number of nitrogens with zero attached hydrogens (tertiary/aromatic N) is 3. The fourth-order valence-corrected chi connectivity index (χ4v) is 2.84. The molecule has 0 aliphatic carbocycles. The summed E-state index contributed by atoms with van der Waals surface area (Å²) in [7, 11) is 0.905. The van der Waals surface area contributed by atoms with E-state index in [4.69, 9.17) is 4.42 Å². The predicted molar refractivity (Wildman–Crippen MR) is 83.4 cm³/mol. The minimum Gasteiger partial charge on any atom is -0.438 e. The molecule has 0 saturated heterocycles. The van der Waals surface area contributed by atoms with Crippen LogP contribution in [0, 0.1) is 6.92 Å². The van der Waals surface area contributed by atoms with Crippen LogP contribution in [0.15, 0.2) is 27.8 Å². The molecule has 9 heteroatoms. The lowest BCUT2D eigenvalue weighted by atomic mass is 10.1. The summed E-state index contributed by atoms with van der Waals surface area (Å²) in [6, 6.07) is 2.33. The number of aryl methyl sites for hydroxylation is 1. The smallest absolute Gasteiger partial charge is 0.287 e. The molecule has 0 aliphatic rings. The van der Waals surface area contributed by atoms with Gasteiger partial charge in [-0.25, -0.2) is 12.7 Å². The van der Waals surface area contributed by atoms with Crippen molar-refractivity contribution in [3.63, 3.8) is 0 Å². The van der Waals surface area contributed by atoms with Gasteiger partial charge in [-0.2, -0.15) is 5.10 Å². The quantitative estimate of drug-likeness (QED) is 0.878. The molecule has 0 fully saturated rings. The maximum Gasteiger partial charge on any atom is 0.287 e. The summed E-state index contributed by atoms with van der Waals surface area (Å²) in [4.78, 5) is 12.2. The van der Waals surface area contributed by atoms with Crippen molar-refractivity contribution in [1.29, 1.82) is 0 Å². The molecule has 23 heavy (non-hydrogen) atoms. The van der Waals surface area contributed by atoms with Gasteiger partial charge in [-0.15, -0.1) is 0 Å². The van der Waals surface area contributed by atoms with Crippen LogP contribution >= 0.6 is 0 Å². The van der Waals surface area contributed by atoms with Gasteiger partial charge in [0.05, 0.1) is 12.2 Å². The van der Waals surface area contributed by atoms with E-state index in [2.05, 4.69) is 10.4 Å². The van der Waals surface area contributed by atoms with Crippen molar-refractivity contribution in [3.05, 3.63) is 35.3 Å². The molecule has 2 aromatic heterocycles. The highest BCUT2D eigenvalue weighted by molar-refractivity contribution is 7.88. The fourth-order valence-electron chi connectivity index (χ4n) is 2.05. The molecule has 0 aliphatic heterocycles. The highest BCUT2D eigenvalue weighted by atomic mass is 32.2. The Hall–Kier alpha value is -2.13. The predicted octanol–water partition coefficient (Wildman–Crippen LogP) is 1.06. The summed E-state index contributed by atoms with van der Waals surface area (Å²) >= 11 is 0. The molecule has 1 N–H and O–H groups in total. The topological polar surface area (TPSA) is 97.4 Å². The highest BCUT2D eigenvalue weighted by Gasteiger charge is 2.24. The number of carbonyl (C=O) groups is 1. The second kappa shape index (κ2) is 6.17. The van der Waals surface area contributed by atoms with Crippen LogP contribution in [0.25, 0.3) is 0 Å². The number of carbonyl (C=O) groups excluding carboxylic acids is 1. The van der Waals surface area contributed by atoms with Crippen LogP contribution in [0.5, 0.6) is 0 Å². The third-order valence-corrected chi connectivity index (χ3v) is 5.32. The van der Waals surface area contributed by atoms with E-state index >= 15 is 0 Å². The summed E-state index contributed by atoms with van der Waals surface area (Å²) in [5.41, 5.74) is 1.82. The number of amides is 1. The third-order valence-electron chi connectivity index (χ3n) is 3.63. The largest absolute Gasteiger partial charge is 0.438 e. The van der Waals surface area contributed by atoms with Gasteiger partial charge < -0.3 is 9.73 Å². The summed E-state index contributed by atoms with van der Waals surface area (Å²) in [5, 5.41) is 6.63. The average Bonchev–Trinajstić information content (AvgIpc) is 3.07. The molecule has 0 radical (unpaired) electrons. The van der Waals surface area contributed by atoms with Gasteiger partial charge in [0.2, 0.25) is 5.09 Å². The molecule has 1 atom stereocenters. The maximum absolute atomic E-state index is 12.2. The Labute approximate surface area is 135 Å². The molecular formula is C14H20N4O4S. The van der Waals surface area contributed by atoms with Crippen molar-refractivity contribution in [2.75, 3.05) is 14.1 Å². The zero-order chi connectivity index (χ0) is 17.4. The summed E-state index contributed by atoms with van der Waals surface area (Å²) in [6.07, 6.45) is 1.68. The van der Waals surface area contributed by atoms with Gasteiger partial charge in [0.15, 0.2) is 5.76 Å². The van der Waals surface area contributed by atoms with Gasteiger partial charge >= 0.3 is 0 Å². The third kappa shape index (κ3) is 3.30. The van der Waals surface area contributed by atoms with Crippen LogP contribution in [-0.2, 0) is 17.1 Å². The van der Waals surface area contributed by atoms with E-state index in [0.29, 0.717) is 0 Å². The Morgan fingerprint density at radius 3 is 2.57 bits per heavy atom. The van der Waals surface area contributed by atoms with Crippen molar-refractivity contribution in [2.24, 2.45) is 7.05 Å². The van der Waals surface area contributed by atoms with Crippen LogP contribution < -0.4 is 5.32 Å². The number of hydrogen-bond donors (Lipinski definition) is 1. The molecule has 8 nitrogen and oxygen atoms in total. The number of rotatable bonds is 5. The molecule has 0 saturated carbocycles. The molecule has 0 spiro atoms. The molecule has 2 rings (SSSR count). The van der Waals surface area contributed by atoms with Crippen molar-refractivity contribution >= 4 is 15.9 Å². The van der Waals surface area contributed by atoms with Crippen molar-refractivity contribution in [1.82, 2.24) is 19.4 Å². The summed E-state index contributed by atoms with van der Waals surface area (Å²) < 4.78 is 31.8. The van der Waals surface area contributed by atoms with Crippen molar-refractivity contribution < 1.29 is 17.6 Å². The van der Waals surface area contributed by atoms with Crippen LogP contribution in [0.3, 0.4) is 0 Å². The first-order valence-electron chi connectivity index (χ1n) is 6.96. The van der Waals surface area contributed by atoms with E-state index in [-0.39, 0.29) is 16.9 Å². The Morgan fingerprint density at radius 1 is 1.39 bits per heavy atom. The Kier molecular flexibility index (Phi) is 4.62. The lowest BCUT2D eigenvalue weighted by Gasteiger charge is -2.12. The number of hydrogen-bond acceptors (Lipinski definition) is 5. The van der Waals surface area contributed by atoms with E-state index in [1.165, 1.54) is 26.2 Å². The zero-order valence-corrected chi connectivity index (χ0v) is 14.5. The standard InChI is InChI=1S/C14H20N4O4S/c1-9(11-8-15-18(5)10(11)2)16-14(19)12-6-7-13(22-12)23(20,21)17(3)4/h6-9H,1-5H3,(H,16,19). The first kappa shape index (κ1) is 17.2. The van der Waals surface area contributed by atoms with Crippen LogP contribution in [-0.4, -0.2) is 42.5 Å². The van der Waals surface area contributed by atoms with Gasteiger partial charge in [0, 0.05) is 32.4 Å².